The molecule has 1 atom stereocenters. The first kappa shape index (κ1) is 13.8. The van der Waals surface area contributed by atoms with E-state index in [-0.39, 0.29) is 6.54 Å². The normalized spacial score (nSPS) is 13.9. The third kappa shape index (κ3) is 3.61. The van der Waals surface area contributed by atoms with Crippen LogP contribution in [0.3, 0.4) is 0 Å². The summed E-state index contributed by atoms with van der Waals surface area (Å²) in [6.45, 7) is 1.14. The molecular formula is C11H14BrNO4. The van der Waals surface area contributed by atoms with Crippen LogP contribution in [0.4, 0.5) is 5.69 Å². The van der Waals surface area contributed by atoms with Gasteiger partial charge in [-0.1, -0.05) is 0 Å². The average Bonchev–Trinajstić information content (AvgIpc) is 2.28. The number of anilines is 1. The number of hydrogen-bond acceptors (Lipinski definition) is 4. The molecule has 0 bridgehead atoms. The zero-order valence-corrected chi connectivity index (χ0v) is 11.1. The molecule has 0 amide bonds. The molecule has 94 valence electrons. The van der Waals surface area contributed by atoms with E-state index in [1.807, 2.05) is 0 Å². The van der Waals surface area contributed by atoms with Gasteiger partial charge in [-0.2, -0.15) is 0 Å². The molecular weight excluding hydrogens is 290 g/mol. The number of halogens is 1. The molecule has 0 aliphatic rings. The van der Waals surface area contributed by atoms with Gasteiger partial charge in [0.1, 0.15) is 5.75 Å². The minimum absolute atomic E-state index is 0.0902. The van der Waals surface area contributed by atoms with Crippen LogP contribution in [0, 0.1) is 0 Å². The lowest BCUT2D eigenvalue weighted by atomic mass is 10.1. The molecule has 1 unspecified atom stereocenters. The molecule has 5 nitrogen and oxygen atoms in total. The summed E-state index contributed by atoms with van der Waals surface area (Å²) >= 11 is 3.31. The summed E-state index contributed by atoms with van der Waals surface area (Å²) in [6, 6.07) is 5.24. The number of nitrogens with one attached hydrogen (secondary N) is 1. The van der Waals surface area contributed by atoms with Crippen LogP contribution >= 0.6 is 15.9 Å². The van der Waals surface area contributed by atoms with Gasteiger partial charge in [-0.05, 0) is 35.0 Å². The maximum Gasteiger partial charge on any atom is 0.337 e. The van der Waals surface area contributed by atoms with Crippen LogP contribution < -0.4 is 10.1 Å². The highest BCUT2D eigenvalue weighted by Gasteiger charge is 2.29. The number of carbonyl (C=O) groups is 1. The first-order valence-corrected chi connectivity index (χ1v) is 5.69. The van der Waals surface area contributed by atoms with Crippen LogP contribution in [0.15, 0.2) is 22.7 Å². The Morgan fingerprint density at radius 2 is 2.24 bits per heavy atom. The minimum atomic E-state index is -1.81. The Labute approximate surface area is 108 Å². The summed E-state index contributed by atoms with van der Waals surface area (Å²) in [6.07, 6.45) is 0. The van der Waals surface area contributed by atoms with E-state index in [1.54, 1.807) is 18.2 Å². The molecule has 3 N–H and O–H groups in total. The van der Waals surface area contributed by atoms with Crippen molar-refractivity contribution in [3.8, 4) is 5.75 Å². The van der Waals surface area contributed by atoms with Crippen molar-refractivity contribution in [1.29, 1.82) is 0 Å². The van der Waals surface area contributed by atoms with Gasteiger partial charge in [0.15, 0.2) is 5.60 Å². The number of aliphatic hydroxyl groups is 1. The second kappa shape index (κ2) is 5.37. The third-order valence-electron chi connectivity index (χ3n) is 2.25. The molecule has 1 rings (SSSR count). The maximum absolute atomic E-state index is 10.7. The van der Waals surface area contributed by atoms with E-state index in [4.69, 9.17) is 9.84 Å². The van der Waals surface area contributed by atoms with Crippen molar-refractivity contribution in [3.63, 3.8) is 0 Å². The van der Waals surface area contributed by atoms with Crippen molar-refractivity contribution < 1.29 is 19.7 Å². The quantitative estimate of drug-likeness (QED) is 0.772. The fourth-order valence-corrected chi connectivity index (χ4v) is 1.53. The van der Waals surface area contributed by atoms with E-state index in [9.17, 15) is 9.90 Å². The number of aliphatic carboxylic acids is 1. The molecule has 0 aliphatic carbocycles. The average molecular weight is 304 g/mol. The summed E-state index contributed by atoms with van der Waals surface area (Å²) in [4.78, 5) is 10.7. The van der Waals surface area contributed by atoms with Gasteiger partial charge in [0.2, 0.25) is 0 Å². The lowest BCUT2D eigenvalue weighted by Crippen LogP contribution is -2.41. The molecule has 0 fully saturated rings. The molecule has 0 saturated carbocycles. The van der Waals surface area contributed by atoms with E-state index in [2.05, 4.69) is 21.2 Å². The smallest absolute Gasteiger partial charge is 0.337 e. The summed E-state index contributed by atoms with van der Waals surface area (Å²) in [5.74, 6) is -0.640. The molecule has 1 aromatic carbocycles. The van der Waals surface area contributed by atoms with Crippen LogP contribution in [-0.2, 0) is 4.79 Å². The van der Waals surface area contributed by atoms with Crippen LogP contribution in [0.5, 0.6) is 5.75 Å². The largest absolute Gasteiger partial charge is 0.495 e. The molecule has 0 saturated heterocycles. The SMILES string of the molecule is COc1cc(NCC(C)(O)C(=O)O)ccc1Br. The van der Waals surface area contributed by atoms with Crippen LogP contribution in [-0.4, -0.2) is 35.4 Å². The Balaban J connectivity index is 2.73. The molecule has 0 spiro atoms. The van der Waals surface area contributed by atoms with Crippen molar-refractivity contribution in [2.75, 3.05) is 19.0 Å². The standard InChI is InChI=1S/C11H14BrNO4/c1-11(16,10(14)15)6-13-7-3-4-8(12)9(5-7)17-2/h3-5,13,16H,6H2,1-2H3,(H,14,15). The number of hydrogen-bond donors (Lipinski definition) is 3. The summed E-state index contributed by atoms with van der Waals surface area (Å²) in [5.41, 5.74) is -1.13. The molecule has 0 aromatic heterocycles. The number of carboxylic acid groups (broad SMARTS) is 1. The van der Waals surface area contributed by atoms with E-state index in [0.29, 0.717) is 11.4 Å². The zero-order valence-electron chi connectivity index (χ0n) is 9.53. The Morgan fingerprint density at radius 3 is 2.76 bits per heavy atom. The van der Waals surface area contributed by atoms with E-state index < -0.39 is 11.6 Å². The predicted octanol–water partition coefficient (Wildman–Crippen LogP) is 1.71. The number of rotatable bonds is 5. The van der Waals surface area contributed by atoms with Gasteiger partial charge in [-0.15, -0.1) is 0 Å². The summed E-state index contributed by atoms with van der Waals surface area (Å²) < 4.78 is 5.90. The van der Waals surface area contributed by atoms with E-state index in [0.717, 1.165) is 4.47 Å². The molecule has 6 heteroatoms. The van der Waals surface area contributed by atoms with Crippen LogP contribution in [0.2, 0.25) is 0 Å². The second-order valence-electron chi connectivity index (χ2n) is 3.78. The Kier molecular flexibility index (Phi) is 4.36. The molecule has 0 radical (unpaired) electrons. The fourth-order valence-electron chi connectivity index (χ4n) is 1.12. The highest BCUT2D eigenvalue weighted by molar-refractivity contribution is 9.10. The van der Waals surface area contributed by atoms with Gasteiger partial charge >= 0.3 is 5.97 Å². The first-order chi connectivity index (χ1) is 7.86. The van der Waals surface area contributed by atoms with Gasteiger partial charge in [0, 0.05) is 11.8 Å². The molecule has 0 aliphatic heterocycles. The monoisotopic (exact) mass is 303 g/mol. The number of carboxylic acids is 1. The highest BCUT2D eigenvalue weighted by atomic mass is 79.9. The van der Waals surface area contributed by atoms with Crippen LogP contribution in [0.25, 0.3) is 0 Å². The van der Waals surface area contributed by atoms with Gasteiger partial charge in [0.25, 0.3) is 0 Å². The predicted molar refractivity (Wildman–Crippen MR) is 67.4 cm³/mol. The highest BCUT2D eigenvalue weighted by Crippen LogP contribution is 2.27. The van der Waals surface area contributed by atoms with E-state index >= 15 is 0 Å². The Bertz CT molecular complexity index is 420. The van der Waals surface area contributed by atoms with Crippen molar-refractivity contribution >= 4 is 27.6 Å². The second-order valence-corrected chi connectivity index (χ2v) is 4.64. The van der Waals surface area contributed by atoms with Gasteiger partial charge in [0.05, 0.1) is 18.1 Å². The van der Waals surface area contributed by atoms with Crippen molar-refractivity contribution in [3.05, 3.63) is 22.7 Å². The Morgan fingerprint density at radius 1 is 1.59 bits per heavy atom. The van der Waals surface area contributed by atoms with Crippen LogP contribution in [0.1, 0.15) is 6.92 Å². The van der Waals surface area contributed by atoms with Crippen molar-refractivity contribution in [2.45, 2.75) is 12.5 Å². The van der Waals surface area contributed by atoms with Crippen molar-refractivity contribution in [2.24, 2.45) is 0 Å². The number of benzene rings is 1. The van der Waals surface area contributed by atoms with Gasteiger partial charge in [-0.25, -0.2) is 4.79 Å². The fraction of sp³-hybridized carbons (Fsp3) is 0.364. The Hall–Kier alpha value is -1.27. The van der Waals surface area contributed by atoms with Crippen molar-refractivity contribution in [1.82, 2.24) is 0 Å². The molecule has 0 heterocycles. The lowest BCUT2D eigenvalue weighted by molar-refractivity contribution is -0.155. The van der Waals surface area contributed by atoms with Gasteiger partial charge < -0.3 is 20.3 Å². The number of methoxy groups -OCH3 is 1. The summed E-state index contributed by atoms with van der Waals surface area (Å²) in [7, 11) is 1.54. The minimum Gasteiger partial charge on any atom is -0.495 e. The summed E-state index contributed by atoms with van der Waals surface area (Å²) in [5, 5.41) is 21.1. The third-order valence-corrected chi connectivity index (χ3v) is 2.90. The lowest BCUT2D eigenvalue weighted by Gasteiger charge is -2.19. The molecule has 1 aromatic rings. The maximum atomic E-state index is 10.7. The van der Waals surface area contributed by atoms with Gasteiger partial charge in [-0.3, -0.25) is 0 Å². The topological polar surface area (TPSA) is 78.8 Å². The first-order valence-electron chi connectivity index (χ1n) is 4.90. The zero-order chi connectivity index (χ0) is 13.1. The number of ether oxygens (including phenoxy) is 1. The molecule has 17 heavy (non-hydrogen) atoms. The van der Waals surface area contributed by atoms with E-state index in [1.165, 1.54) is 14.0 Å².